The van der Waals surface area contributed by atoms with Gasteiger partial charge in [0.25, 0.3) is 11.8 Å². The summed E-state index contributed by atoms with van der Waals surface area (Å²) in [6, 6.07) is 16.1. The van der Waals surface area contributed by atoms with E-state index in [1.165, 1.54) is 0 Å². The van der Waals surface area contributed by atoms with Gasteiger partial charge in [-0.3, -0.25) is 9.59 Å². The molecular weight excluding hydrogens is 380 g/mol. The minimum Gasteiger partial charge on any atom is -0.452 e. The highest BCUT2D eigenvalue weighted by atomic mass is 16.5. The van der Waals surface area contributed by atoms with Gasteiger partial charge in [0.1, 0.15) is 0 Å². The van der Waals surface area contributed by atoms with E-state index in [1.807, 2.05) is 58.0 Å². The van der Waals surface area contributed by atoms with Gasteiger partial charge >= 0.3 is 5.97 Å². The fourth-order valence-electron chi connectivity index (χ4n) is 3.43. The first-order valence-electron chi connectivity index (χ1n) is 10.1. The lowest BCUT2D eigenvalue weighted by Crippen LogP contribution is -2.44. The average Bonchev–Trinajstić information content (AvgIpc) is 2.71. The number of carbonyl (C=O) groups is 3. The van der Waals surface area contributed by atoms with Gasteiger partial charge in [0.15, 0.2) is 6.61 Å². The van der Waals surface area contributed by atoms with Crippen LogP contribution in [0.5, 0.6) is 0 Å². The van der Waals surface area contributed by atoms with E-state index >= 15 is 0 Å². The highest BCUT2D eigenvalue weighted by Gasteiger charge is 2.24. The molecule has 0 atom stereocenters. The van der Waals surface area contributed by atoms with E-state index in [1.54, 1.807) is 41.1 Å². The largest absolute Gasteiger partial charge is 0.452 e. The number of benzene rings is 2. The van der Waals surface area contributed by atoms with E-state index in [-0.39, 0.29) is 41.6 Å². The lowest BCUT2D eigenvalue weighted by Gasteiger charge is -2.30. The maximum absolute atomic E-state index is 12.9. The number of hydrogen-bond acceptors (Lipinski definition) is 4. The Morgan fingerprint density at radius 3 is 1.93 bits per heavy atom. The maximum atomic E-state index is 12.9. The van der Waals surface area contributed by atoms with Crippen molar-refractivity contribution in [3.63, 3.8) is 0 Å². The Hall–Kier alpha value is -3.15. The molecule has 30 heavy (non-hydrogen) atoms. The molecule has 0 spiro atoms. The van der Waals surface area contributed by atoms with Gasteiger partial charge in [-0.2, -0.15) is 0 Å². The van der Waals surface area contributed by atoms with E-state index in [9.17, 15) is 14.4 Å². The Balaban J connectivity index is 2.11. The minimum absolute atomic E-state index is 0.00305. The summed E-state index contributed by atoms with van der Waals surface area (Å²) < 4.78 is 5.26. The Kier molecular flexibility index (Phi) is 8.16. The summed E-state index contributed by atoms with van der Waals surface area (Å²) in [4.78, 5) is 41.3. The third-order valence-corrected chi connectivity index (χ3v) is 4.71. The molecule has 0 fully saturated rings. The van der Waals surface area contributed by atoms with Crippen LogP contribution in [0.1, 0.15) is 54.0 Å². The van der Waals surface area contributed by atoms with E-state index in [4.69, 9.17) is 4.74 Å². The summed E-state index contributed by atoms with van der Waals surface area (Å²) in [6.07, 6.45) is 0. The van der Waals surface area contributed by atoms with E-state index in [0.29, 0.717) is 6.54 Å². The number of carbonyl (C=O) groups excluding carboxylic acids is 3. The fourth-order valence-corrected chi connectivity index (χ4v) is 3.43. The van der Waals surface area contributed by atoms with Crippen LogP contribution in [-0.2, 0) is 16.1 Å². The van der Waals surface area contributed by atoms with Gasteiger partial charge in [-0.15, -0.1) is 0 Å². The van der Waals surface area contributed by atoms with Gasteiger partial charge in [0, 0.05) is 25.7 Å². The van der Waals surface area contributed by atoms with Crippen LogP contribution in [0.4, 0.5) is 0 Å². The van der Waals surface area contributed by atoms with Gasteiger partial charge < -0.3 is 14.5 Å². The molecule has 0 aliphatic rings. The molecule has 0 aliphatic carbocycles. The van der Waals surface area contributed by atoms with Crippen molar-refractivity contribution in [3.05, 3.63) is 71.3 Å². The molecule has 0 saturated carbocycles. The summed E-state index contributed by atoms with van der Waals surface area (Å²) >= 11 is 0. The third kappa shape index (κ3) is 5.92. The zero-order valence-corrected chi connectivity index (χ0v) is 18.3. The van der Waals surface area contributed by atoms with E-state index < -0.39 is 5.97 Å². The zero-order valence-electron chi connectivity index (χ0n) is 18.3. The number of nitrogens with zero attached hydrogens (tertiary/aromatic N) is 2. The molecule has 0 bridgehead atoms. The SMILES string of the molecule is CC(C)N(C(=O)COC(=O)c1ccccc1C(=O)N(C)Cc1ccccc1)C(C)C. The Morgan fingerprint density at radius 2 is 1.37 bits per heavy atom. The summed E-state index contributed by atoms with van der Waals surface area (Å²) in [5.41, 5.74) is 1.38. The van der Waals surface area contributed by atoms with E-state index in [2.05, 4.69) is 0 Å². The Bertz CT molecular complexity index is 870. The first-order chi connectivity index (χ1) is 14.2. The number of rotatable bonds is 8. The lowest BCUT2D eigenvalue weighted by atomic mass is 10.1. The molecule has 0 unspecified atom stereocenters. The van der Waals surface area contributed by atoms with Gasteiger partial charge in [-0.25, -0.2) is 4.79 Å². The monoisotopic (exact) mass is 410 g/mol. The second kappa shape index (κ2) is 10.6. The van der Waals surface area contributed by atoms with Crippen molar-refractivity contribution in [3.8, 4) is 0 Å². The summed E-state index contributed by atoms with van der Waals surface area (Å²) in [5, 5.41) is 0. The molecule has 2 aromatic carbocycles. The molecule has 6 nitrogen and oxygen atoms in total. The highest BCUT2D eigenvalue weighted by Crippen LogP contribution is 2.15. The normalized spacial score (nSPS) is 10.8. The van der Waals surface area contributed by atoms with Crippen molar-refractivity contribution in [2.45, 2.75) is 46.3 Å². The second-order valence-electron chi connectivity index (χ2n) is 7.76. The van der Waals surface area contributed by atoms with Crippen LogP contribution in [0.15, 0.2) is 54.6 Å². The molecule has 2 rings (SSSR count). The smallest absolute Gasteiger partial charge is 0.339 e. The molecule has 160 valence electrons. The molecule has 0 N–H and O–H groups in total. The van der Waals surface area contributed by atoms with Crippen molar-refractivity contribution in [2.24, 2.45) is 0 Å². The summed E-state index contributed by atoms with van der Waals surface area (Å²) in [6.45, 7) is 7.70. The second-order valence-corrected chi connectivity index (χ2v) is 7.76. The van der Waals surface area contributed by atoms with Crippen molar-refractivity contribution < 1.29 is 19.1 Å². The minimum atomic E-state index is -0.687. The molecule has 0 saturated heterocycles. The van der Waals surface area contributed by atoms with Crippen LogP contribution in [0.25, 0.3) is 0 Å². The van der Waals surface area contributed by atoms with Crippen molar-refractivity contribution in [1.82, 2.24) is 9.80 Å². The quantitative estimate of drug-likeness (QED) is 0.622. The average molecular weight is 411 g/mol. The first kappa shape index (κ1) is 23.1. The molecule has 2 amide bonds. The number of esters is 1. The highest BCUT2D eigenvalue weighted by molar-refractivity contribution is 6.05. The molecular formula is C24H30N2O4. The number of amides is 2. The first-order valence-corrected chi connectivity index (χ1v) is 10.1. The maximum Gasteiger partial charge on any atom is 0.339 e. The van der Waals surface area contributed by atoms with Crippen molar-refractivity contribution in [2.75, 3.05) is 13.7 Å². The Morgan fingerprint density at radius 1 is 0.833 bits per heavy atom. The topological polar surface area (TPSA) is 66.9 Å². The standard InChI is InChI=1S/C24H30N2O4/c1-17(2)26(18(3)4)22(27)16-30-24(29)21-14-10-9-13-20(21)23(28)25(5)15-19-11-7-6-8-12-19/h6-14,17-18H,15-16H2,1-5H3. The number of ether oxygens (including phenoxy) is 1. The van der Waals surface area contributed by atoms with Gasteiger partial charge in [-0.05, 0) is 45.4 Å². The Labute approximate surface area is 178 Å². The van der Waals surface area contributed by atoms with Crippen molar-refractivity contribution in [1.29, 1.82) is 0 Å². The van der Waals surface area contributed by atoms with Crippen LogP contribution in [0.3, 0.4) is 0 Å². The number of hydrogen-bond donors (Lipinski definition) is 0. The van der Waals surface area contributed by atoms with Gasteiger partial charge in [-0.1, -0.05) is 42.5 Å². The molecule has 0 radical (unpaired) electrons. The molecule has 0 heterocycles. The predicted octanol–water partition coefficient (Wildman–Crippen LogP) is 3.76. The zero-order chi connectivity index (χ0) is 22.3. The lowest BCUT2D eigenvalue weighted by molar-refractivity contribution is -0.138. The summed E-state index contributed by atoms with van der Waals surface area (Å²) in [7, 11) is 1.68. The van der Waals surface area contributed by atoms with Crippen LogP contribution in [-0.4, -0.2) is 53.3 Å². The van der Waals surface area contributed by atoms with Crippen LogP contribution in [0.2, 0.25) is 0 Å². The third-order valence-electron chi connectivity index (χ3n) is 4.71. The van der Waals surface area contributed by atoms with Gasteiger partial charge in [0.2, 0.25) is 0 Å². The predicted molar refractivity (Wildman–Crippen MR) is 116 cm³/mol. The molecule has 6 heteroatoms. The van der Waals surface area contributed by atoms with Crippen molar-refractivity contribution >= 4 is 17.8 Å². The fraction of sp³-hybridized carbons (Fsp3) is 0.375. The summed E-state index contributed by atoms with van der Waals surface area (Å²) in [5.74, 6) is -1.24. The van der Waals surface area contributed by atoms with Crippen LogP contribution in [0, 0.1) is 0 Å². The van der Waals surface area contributed by atoms with E-state index in [0.717, 1.165) is 5.56 Å². The molecule has 0 aromatic heterocycles. The molecule has 2 aromatic rings. The van der Waals surface area contributed by atoms with Gasteiger partial charge in [0.05, 0.1) is 11.1 Å². The van der Waals surface area contributed by atoms with Crippen LogP contribution >= 0.6 is 0 Å². The van der Waals surface area contributed by atoms with Crippen LogP contribution < -0.4 is 0 Å². The molecule has 0 aliphatic heterocycles.